The average molecular weight is 606 g/mol. The lowest BCUT2D eigenvalue weighted by atomic mass is 9.72. The highest BCUT2D eigenvalue weighted by atomic mass is 32.2. The van der Waals surface area contributed by atoms with Crippen molar-refractivity contribution in [2.24, 2.45) is 0 Å². The van der Waals surface area contributed by atoms with Crippen molar-refractivity contribution in [1.82, 2.24) is 20.6 Å². The van der Waals surface area contributed by atoms with E-state index in [0.29, 0.717) is 25.5 Å². The number of amides is 1. The second-order valence-electron chi connectivity index (χ2n) is 12.2. The number of hydrogen-bond acceptors (Lipinski definition) is 7. The number of rotatable bonds is 6. The summed E-state index contributed by atoms with van der Waals surface area (Å²) in [6, 6.07) is 12.0. The van der Waals surface area contributed by atoms with Crippen molar-refractivity contribution in [3.63, 3.8) is 0 Å². The fraction of sp³-hybridized carbons (Fsp3) is 0.515. The third kappa shape index (κ3) is 6.66. The summed E-state index contributed by atoms with van der Waals surface area (Å²) in [5.74, 6) is 0.603. The minimum atomic E-state index is -3.71. The maximum absolute atomic E-state index is 13.2. The summed E-state index contributed by atoms with van der Waals surface area (Å²) in [6.07, 6.45) is 12.7. The Morgan fingerprint density at radius 3 is 2.28 bits per heavy atom. The number of benzene rings is 1. The molecule has 9 nitrogen and oxygen atoms in total. The molecule has 230 valence electrons. The molecule has 0 bridgehead atoms. The van der Waals surface area contributed by atoms with Crippen LogP contribution in [0.5, 0.6) is 0 Å². The largest absolute Gasteiger partial charge is 0.378 e. The predicted molar refractivity (Wildman–Crippen MR) is 166 cm³/mol. The first-order chi connectivity index (χ1) is 20.9. The number of aromatic nitrogens is 2. The van der Waals surface area contributed by atoms with E-state index in [-0.39, 0.29) is 21.1 Å². The van der Waals surface area contributed by atoms with Crippen molar-refractivity contribution < 1.29 is 17.9 Å². The molecule has 1 saturated heterocycles. The summed E-state index contributed by atoms with van der Waals surface area (Å²) < 4.78 is 31.8. The SMILES string of the molecule is O=C(NCc1ccc(S(=O)(=O)c2ccc(N3CCOCC3)nc2)cc1)c1cc2c([nH]1)C1(CCCCCCCCC1)CNC2. The fourth-order valence-corrected chi connectivity index (χ4v) is 8.04. The van der Waals surface area contributed by atoms with Gasteiger partial charge in [-0.25, -0.2) is 13.4 Å². The first-order valence-corrected chi connectivity index (χ1v) is 17.3. The molecule has 2 fully saturated rings. The topological polar surface area (TPSA) is 116 Å². The second-order valence-corrected chi connectivity index (χ2v) is 14.2. The van der Waals surface area contributed by atoms with Crippen LogP contribution in [0.2, 0.25) is 0 Å². The van der Waals surface area contributed by atoms with Gasteiger partial charge in [0.05, 0.1) is 23.0 Å². The minimum Gasteiger partial charge on any atom is -0.378 e. The second kappa shape index (κ2) is 13.2. The first kappa shape index (κ1) is 29.8. The molecule has 10 heteroatoms. The molecule has 0 unspecified atom stereocenters. The molecule has 6 rings (SSSR count). The first-order valence-electron chi connectivity index (χ1n) is 15.8. The maximum Gasteiger partial charge on any atom is 0.267 e. The summed E-state index contributed by atoms with van der Waals surface area (Å²) in [4.78, 5) is 23.6. The zero-order chi connectivity index (χ0) is 29.7. The van der Waals surface area contributed by atoms with Crippen LogP contribution in [-0.2, 0) is 33.1 Å². The number of carbonyl (C=O) groups is 1. The van der Waals surface area contributed by atoms with Crippen LogP contribution in [0.4, 0.5) is 5.82 Å². The van der Waals surface area contributed by atoms with Gasteiger partial charge in [0.25, 0.3) is 5.91 Å². The molecule has 3 N–H and O–H groups in total. The van der Waals surface area contributed by atoms with E-state index in [2.05, 4.69) is 25.5 Å². The molecule has 1 amide bonds. The predicted octanol–water partition coefficient (Wildman–Crippen LogP) is 4.87. The number of morpholine rings is 1. The zero-order valence-electron chi connectivity index (χ0n) is 24.9. The minimum absolute atomic E-state index is 0.0725. The van der Waals surface area contributed by atoms with E-state index < -0.39 is 9.84 Å². The van der Waals surface area contributed by atoms with E-state index in [1.165, 1.54) is 62.4 Å². The van der Waals surface area contributed by atoms with E-state index in [4.69, 9.17) is 4.74 Å². The lowest BCUT2D eigenvalue weighted by Gasteiger charge is -2.38. The number of sulfone groups is 1. The Morgan fingerprint density at radius 2 is 1.60 bits per heavy atom. The van der Waals surface area contributed by atoms with Crippen molar-refractivity contribution in [3.8, 4) is 0 Å². The summed E-state index contributed by atoms with van der Waals surface area (Å²) >= 11 is 0. The quantitative estimate of drug-likeness (QED) is 0.367. The molecule has 1 saturated carbocycles. The van der Waals surface area contributed by atoms with Gasteiger partial charge < -0.3 is 25.3 Å². The molecular weight excluding hydrogens is 562 g/mol. The van der Waals surface area contributed by atoms with Crippen molar-refractivity contribution in [2.75, 3.05) is 37.7 Å². The molecule has 1 aliphatic carbocycles. The summed E-state index contributed by atoms with van der Waals surface area (Å²) in [6.45, 7) is 4.80. The van der Waals surface area contributed by atoms with Crippen LogP contribution in [-0.4, -0.2) is 57.1 Å². The lowest BCUT2D eigenvalue weighted by molar-refractivity contribution is 0.0946. The van der Waals surface area contributed by atoms with Crippen LogP contribution in [0.3, 0.4) is 0 Å². The number of aromatic amines is 1. The molecule has 3 aliphatic rings. The van der Waals surface area contributed by atoms with Gasteiger partial charge in [-0.2, -0.15) is 0 Å². The van der Waals surface area contributed by atoms with Gasteiger partial charge in [-0.3, -0.25) is 4.79 Å². The van der Waals surface area contributed by atoms with Gasteiger partial charge in [0.15, 0.2) is 0 Å². The average Bonchev–Trinajstić information content (AvgIpc) is 3.50. The molecular formula is C33H43N5O4S. The normalized spacial score (nSPS) is 19.5. The molecule has 3 aromatic rings. The van der Waals surface area contributed by atoms with Crippen LogP contribution in [0.25, 0.3) is 0 Å². The van der Waals surface area contributed by atoms with Crippen molar-refractivity contribution in [2.45, 2.75) is 86.1 Å². The Labute approximate surface area is 254 Å². The number of nitrogens with one attached hydrogen (secondary N) is 3. The highest BCUT2D eigenvalue weighted by molar-refractivity contribution is 7.91. The van der Waals surface area contributed by atoms with E-state index >= 15 is 0 Å². The van der Waals surface area contributed by atoms with E-state index in [0.717, 1.165) is 50.4 Å². The molecule has 0 atom stereocenters. The molecule has 4 heterocycles. The number of ether oxygens (including phenoxy) is 1. The van der Waals surface area contributed by atoms with Crippen molar-refractivity contribution in [1.29, 1.82) is 0 Å². The Hall–Kier alpha value is -3.21. The Balaban J connectivity index is 1.09. The van der Waals surface area contributed by atoms with Crippen LogP contribution in [0.1, 0.15) is 85.1 Å². The highest BCUT2D eigenvalue weighted by Gasteiger charge is 2.38. The number of nitrogens with zero attached hydrogens (tertiary/aromatic N) is 2. The lowest BCUT2D eigenvalue weighted by Crippen LogP contribution is -2.43. The van der Waals surface area contributed by atoms with Crippen LogP contribution in [0, 0.1) is 0 Å². The fourth-order valence-electron chi connectivity index (χ4n) is 6.83. The number of fused-ring (bicyclic) bond motifs is 2. The summed E-state index contributed by atoms with van der Waals surface area (Å²) in [5, 5.41) is 6.65. The van der Waals surface area contributed by atoms with Gasteiger partial charge >= 0.3 is 0 Å². The molecule has 2 aliphatic heterocycles. The van der Waals surface area contributed by atoms with Crippen molar-refractivity contribution in [3.05, 3.63) is 71.2 Å². The van der Waals surface area contributed by atoms with Crippen molar-refractivity contribution >= 4 is 21.6 Å². The third-order valence-corrected chi connectivity index (χ3v) is 11.1. The van der Waals surface area contributed by atoms with Gasteiger partial charge in [-0.15, -0.1) is 0 Å². The smallest absolute Gasteiger partial charge is 0.267 e. The van der Waals surface area contributed by atoms with Gasteiger partial charge in [-0.1, -0.05) is 57.1 Å². The Bertz CT molecular complexity index is 1480. The standard InChI is InChI=1S/C33H43N5O4S/c39-32(29-20-26-22-34-24-33(31(26)37-29)14-6-4-2-1-3-5-7-15-33)36-21-25-8-10-27(11-9-25)43(40,41)28-12-13-30(35-23-28)38-16-18-42-19-17-38/h8-13,20,23,34,37H,1-7,14-19,21-22,24H2,(H,36,39). The molecule has 0 radical (unpaired) electrons. The number of carbonyl (C=O) groups excluding carboxylic acids is 1. The Morgan fingerprint density at radius 1 is 0.930 bits per heavy atom. The molecule has 2 aromatic heterocycles. The third-order valence-electron chi connectivity index (χ3n) is 9.32. The van der Waals surface area contributed by atoms with Crippen LogP contribution in [0.15, 0.2) is 58.5 Å². The molecule has 43 heavy (non-hydrogen) atoms. The molecule has 1 spiro atoms. The highest BCUT2D eigenvalue weighted by Crippen LogP contribution is 2.40. The number of H-pyrrole nitrogens is 1. The summed E-state index contributed by atoms with van der Waals surface area (Å²) in [5.41, 5.74) is 3.95. The van der Waals surface area contributed by atoms with E-state index in [9.17, 15) is 13.2 Å². The number of anilines is 1. The van der Waals surface area contributed by atoms with E-state index in [1.54, 1.807) is 36.4 Å². The summed E-state index contributed by atoms with van der Waals surface area (Å²) in [7, 11) is -3.71. The number of hydrogen-bond donors (Lipinski definition) is 3. The van der Waals surface area contributed by atoms with Gasteiger partial charge in [0, 0.05) is 50.0 Å². The Kier molecular flexibility index (Phi) is 9.16. The monoisotopic (exact) mass is 605 g/mol. The molecule has 1 aromatic carbocycles. The maximum atomic E-state index is 13.2. The van der Waals surface area contributed by atoms with Gasteiger partial charge in [-0.05, 0) is 54.3 Å². The van der Waals surface area contributed by atoms with Gasteiger partial charge in [0.1, 0.15) is 11.5 Å². The van der Waals surface area contributed by atoms with Crippen LogP contribution >= 0.6 is 0 Å². The van der Waals surface area contributed by atoms with E-state index in [1.807, 2.05) is 6.07 Å². The number of pyridine rings is 1. The van der Waals surface area contributed by atoms with Gasteiger partial charge in [0.2, 0.25) is 9.84 Å². The van der Waals surface area contributed by atoms with Crippen LogP contribution < -0.4 is 15.5 Å². The zero-order valence-corrected chi connectivity index (χ0v) is 25.7.